The van der Waals surface area contributed by atoms with Crippen LogP contribution in [0.2, 0.25) is 15.1 Å². The summed E-state index contributed by atoms with van der Waals surface area (Å²) in [6.07, 6.45) is 0. The summed E-state index contributed by atoms with van der Waals surface area (Å²) in [5, 5.41) is 4.60. The summed E-state index contributed by atoms with van der Waals surface area (Å²) in [4.78, 5) is 0. The summed E-state index contributed by atoms with van der Waals surface area (Å²) in [5.74, 6) is 1.56. The molecule has 0 aromatic heterocycles. The molecule has 0 saturated carbocycles. The highest BCUT2D eigenvalue weighted by atomic mass is 35.5. The number of rotatable bonds is 6. The van der Waals surface area contributed by atoms with E-state index in [9.17, 15) is 0 Å². The van der Waals surface area contributed by atoms with Crippen molar-refractivity contribution >= 4 is 40.5 Å². The van der Waals surface area contributed by atoms with Crippen LogP contribution in [0.3, 0.4) is 0 Å². The van der Waals surface area contributed by atoms with E-state index in [2.05, 4.69) is 5.32 Å². The molecule has 2 aromatic rings. The van der Waals surface area contributed by atoms with Crippen molar-refractivity contribution in [3.63, 3.8) is 0 Å². The molecule has 1 N–H and O–H groups in total. The minimum absolute atomic E-state index is 0.474. The van der Waals surface area contributed by atoms with Gasteiger partial charge in [-0.1, -0.05) is 34.8 Å². The molecular weight excluding hydrogens is 333 g/mol. The maximum Gasteiger partial charge on any atom is 0.119 e. The fourth-order valence-corrected chi connectivity index (χ4v) is 2.68. The van der Waals surface area contributed by atoms with Gasteiger partial charge in [0.2, 0.25) is 0 Å². The minimum Gasteiger partial charge on any atom is -0.497 e. The zero-order chi connectivity index (χ0) is 15.2. The molecule has 6 heteroatoms. The highest BCUT2D eigenvalue weighted by Crippen LogP contribution is 2.33. The predicted octanol–water partition coefficient (Wildman–Crippen LogP) is 5.15. The molecule has 0 unspecified atom stereocenters. The van der Waals surface area contributed by atoms with Crippen molar-refractivity contribution in [2.45, 2.75) is 0 Å². The molecule has 2 aromatic carbocycles. The number of halogens is 3. The lowest BCUT2D eigenvalue weighted by molar-refractivity contribution is 0.332. The van der Waals surface area contributed by atoms with E-state index in [0.29, 0.717) is 33.9 Å². The van der Waals surface area contributed by atoms with Crippen LogP contribution in [0.1, 0.15) is 0 Å². The van der Waals surface area contributed by atoms with Gasteiger partial charge < -0.3 is 14.8 Å². The van der Waals surface area contributed by atoms with Crippen molar-refractivity contribution in [1.82, 2.24) is 0 Å². The Kier molecular flexibility index (Phi) is 5.85. The third-order valence-electron chi connectivity index (χ3n) is 2.74. The standard InChI is InChI=1S/C15H14Cl3NO2/c1-20-11-2-4-12(5-3-11)21-7-6-19-15-13(17)8-10(16)9-14(15)18/h2-5,8-9,19H,6-7H2,1H3. The molecule has 3 nitrogen and oxygen atoms in total. The van der Waals surface area contributed by atoms with Crippen LogP contribution in [0.4, 0.5) is 5.69 Å². The molecule has 0 saturated heterocycles. The van der Waals surface area contributed by atoms with Gasteiger partial charge in [-0.2, -0.15) is 0 Å². The SMILES string of the molecule is COc1ccc(OCCNc2c(Cl)cc(Cl)cc2Cl)cc1. The van der Waals surface area contributed by atoms with Gasteiger partial charge in [0.05, 0.1) is 22.8 Å². The van der Waals surface area contributed by atoms with Crippen molar-refractivity contribution in [1.29, 1.82) is 0 Å². The first-order valence-corrected chi connectivity index (χ1v) is 7.39. The first-order valence-electron chi connectivity index (χ1n) is 6.25. The van der Waals surface area contributed by atoms with Gasteiger partial charge in [0.1, 0.15) is 18.1 Å². The zero-order valence-corrected chi connectivity index (χ0v) is 13.6. The first kappa shape index (κ1) is 16.1. The average molecular weight is 347 g/mol. The van der Waals surface area contributed by atoms with Gasteiger partial charge in [0, 0.05) is 11.6 Å². The number of ether oxygens (including phenoxy) is 2. The molecule has 0 bridgehead atoms. The first-order chi connectivity index (χ1) is 10.1. The Balaban J connectivity index is 1.84. The molecule has 0 fully saturated rings. The van der Waals surface area contributed by atoms with Gasteiger partial charge in [0.25, 0.3) is 0 Å². The predicted molar refractivity (Wildman–Crippen MR) is 88.5 cm³/mol. The summed E-state index contributed by atoms with van der Waals surface area (Å²) in [6, 6.07) is 10.7. The Labute approximate surface area is 138 Å². The molecule has 0 spiro atoms. The van der Waals surface area contributed by atoms with E-state index in [0.717, 1.165) is 11.5 Å². The number of methoxy groups -OCH3 is 1. The molecule has 0 aliphatic carbocycles. The second kappa shape index (κ2) is 7.64. The van der Waals surface area contributed by atoms with Crippen LogP contribution >= 0.6 is 34.8 Å². The van der Waals surface area contributed by atoms with E-state index >= 15 is 0 Å². The summed E-state index contributed by atoms with van der Waals surface area (Å²) in [7, 11) is 1.62. The number of benzene rings is 2. The molecule has 0 atom stereocenters. The van der Waals surface area contributed by atoms with E-state index in [1.165, 1.54) is 0 Å². The third kappa shape index (κ3) is 4.60. The summed E-state index contributed by atoms with van der Waals surface area (Å²) in [5.41, 5.74) is 0.654. The largest absolute Gasteiger partial charge is 0.497 e. The minimum atomic E-state index is 0.474. The Morgan fingerprint density at radius 3 is 2.10 bits per heavy atom. The van der Waals surface area contributed by atoms with Crippen molar-refractivity contribution in [2.24, 2.45) is 0 Å². The van der Waals surface area contributed by atoms with Gasteiger partial charge in [-0.3, -0.25) is 0 Å². The molecule has 0 heterocycles. The van der Waals surface area contributed by atoms with E-state index in [-0.39, 0.29) is 0 Å². The smallest absolute Gasteiger partial charge is 0.119 e. The fourth-order valence-electron chi connectivity index (χ4n) is 1.73. The van der Waals surface area contributed by atoms with Gasteiger partial charge in [-0.05, 0) is 36.4 Å². The zero-order valence-electron chi connectivity index (χ0n) is 11.3. The normalized spacial score (nSPS) is 10.3. The molecule has 0 radical (unpaired) electrons. The maximum absolute atomic E-state index is 6.08. The second-order valence-electron chi connectivity index (χ2n) is 4.20. The topological polar surface area (TPSA) is 30.5 Å². The summed E-state index contributed by atoms with van der Waals surface area (Å²) >= 11 is 18.0. The molecule has 2 rings (SSSR count). The van der Waals surface area contributed by atoms with Gasteiger partial charge in [-0.15, -0.1) is 0 Å². The summed E-state index contributed by atoms with van der Waals surface area (Å²) in [6.45, 7) is 1.04. The van der Waals surface area contributed by atoms with Gasteiger partial charge in [-0.25, -0.2) is 0 Å². The third-order valence-corrected chi connectivity index (χ3v) is 3.55. The van der Waals surface area contributed by atoms with Crippen LogP contribution in [-0.4, -0.2) is 20.3 Å². The highest BCUT2D eigenvalue weighted by Gasteiger charge is 2.07. The monoisotopic (exact) mass is 345 g/mol. The van der Waals surface area contributed by atoms with Crippen LogP contribution in [0.15, 0.2) is 36.4 Å². The molecule has 0 amide bonds. The number of hydrogen-bond donors (Lipinski definition) is 1. The lowest BCUT2D eigenvalue weighted by Crippen LogP contribution is -2.12. The Morgan fingerprint density at radius 2 is 1.52 bits per heavy atom. The summed E-state index contributed by atoms with van der Waals surface area (Å²) < 4.78 is 10.7. The second-order valence-corrected chi connectivity index (χ2v) is 5.45. The number of nitrogens with one attached hydrogen (secondary N) is 1. The van der Waals surface area contributed by atoms with Crippen LogP contribution in [0.5, 0.6) is 11.5 Å². The Hall–Kier alpha value is -1.29. The van der Waals surface area contributed by atoms with Crippen molar-refractivity contribution < 1.29 is 9.47 Å². The van der Waals surface area contributed by atoms with Crippen LogP contribution in [0.25, 0.3) is 0 Å². The number of hydrogen-bond acceptors (Lipinski definition) is 3. The molecule has 0 aliphatic rings. The van der Waals surface area contributed by atoms with Gasteiger partial charge >= 0.3 is 0 Å². The molecule has 21 heavy (non-hydrogen) atoms. The van der Waals surface area contributed by atoms with E-state index in [1.54, 1.807) is 19.2 Å². The fraction of sp³-hybridized carbons (Fsp3) is 0.200. The Bertz CT molecular complexity index is 579. The lowest BCUT2D eigenvalue weighted by atomic mass is 10.3. The van der Waals surface area contributed by atoms with Gasteiger partial charge in [0.15, 0.2) is 0 Å². The van der Waals surface area contributed by atoms with Crippen molar-refractivity contribution in [2.75, 3.05) is 25.6 Å². The van der Waals surface area contributed by atoms with Crippen LogP contribution < -0.4 is 14.8 Å². The average Bonchev–Trinajstić information content (AvgIpc) is 2.46. The number of anilines is 1. The molecule has 112 valence electrons. The van der Waals surface area contributed by atoms with Crippen molar-refractivity contribution in [3.8, 4) is 11.5 Å². The van der Waals surface area contributed by atoms with E-state index < -0.39 is 0 Å². The highest BCUT2D eigenvalue weighted by molar-refractivity contribution is 6.41. The molecule has 0 aliphatic heterocycles. The lowest BCUT2D eigenvalue weighted by Gasteiger charge is -2.12. The maximum atomic E-state index is 6.08. The van der Waals surface area contributed by atoms with Crippen LogP contribution in [-0.2, 0) is 0 Å². The quantitative estimate of drug-likeness (QED) is 0.734. The van der Waals surface area contributed by atoms with Crippen LogP contribution in [0, 0.1) is 0 Å². The van der Waals surface area contributed by atoms with E-state index in [1.807, 2.05) is 24.3 Å². The van der Waals surface area contributed by atoms with E-state index in [4.69, 9.17) is 44.3 Å². The molecular formula is C15H14Cl3NO2. The Morgan fingerprint density at radius 1 is 0.952 bits per heavy atom. The van der Waals surface area contributed by atoms with Crippen molar-refractivity contribution in [3.05, 3.63) is 51.5 Å².